The number of hydrogen-bond donors (Lipinski definition) is 0. The lowest BCUT2D eigenvalue weighted by Gasteiger charge is -2.20. The molecule has 1 aromatic heterocycles. The summed E-state index contributed by atoms with van der Waals surface area (Å²) in [5.74, 6) is -0.918. The van der Waals surface area contributed by atoms with Gasteiger partial charge in [0.05, 0.1) is 28.4 Å². The van der Waals surface area contributed by atoms with E-state index in [1.807, 2.05) is 16.8 Å². The predicted molar refractivity (Wildman–Crippen MR) is 140 cm³/mol. The molecular formula is C29H22Cl2N2O3. The fourth-order valence-corrected chi connectivity index (χ4v) is 5.02. The van der Waals surface area contributed by atoms with Gasteiger partial charge in [-0.15, -0.1) is 0 Å². The van der Waals surface area contributed by atoms with E-state index < -0.39 is 0 Å². The smallest absolute Gasteiger partial charge is 0.261 e. The third-order valence-electron chi connectivity index (χ3n) is 6.37. The van der Waals surface area contributed by atoms with Gasteiger partial charge in [-0.2, -0.15) is 0 Å². The summed E-state index contributed by atoms with van der Waals surface area (Å²) in [4.78, 5) is 41.0. The number of carbonyl (C=O) groups is 3. The van der Waals surface area contributed by atoms with Crippen molar-refractivity contribution in [3.63, 3.8) is 0 Å². The Kier molecular flexibility index (Phi) is 6.52. The van der Waals surface area contributed by atoms with Gasteiger partial charge in [-0.3, -0.25) is 19.3 Å². The molecule has 0 unspecified atom stereocenters. The number of amides is 2. The molecule has 36 heavy (non-hydrogen) atoms. The number of aromatic nitrogens is 1. The summed E-state index contributed by atoms with van der Waals surface area (Å²) in [6.45, 7) is 2.15. The summed E-state index contributed by atoms with van der Waals surface area (Å²) in [5, 5.41) is 0.760. The van der Waals surface area contributed by atoms with Crippen LogP contribution in [0.15, 0.2) is 79.0 Å². The Morgan fingerprint density at radius 2 is 1.50 bits per heavy atom. The van der Waals surface area contributed by atoms with Crippen molar-refractivity contribution >= 4 is 40.8 Å². The van der Waals surface area contributed by atoms with Crippen molar-refractivity contribution in [1.82, 2.24) is 9.47 Å². The molecule has 0 spiro atoms. The summed E-state index contributed by atoms with van der Waals surface area (Å²) < 4.78 is 1.87. The van der Waals surface area contributed by atoms with Gasteiger partial charge in [0.25, 0.3) is 11.8 Å². The second-order valence-electron chi connectivity index (χ2n) is 8.62. The summed E-state index contributed by atoms with van der Waals surface area (Å²) in [5.41, 5.74) is 3.90. The number of rotatable bonds is 7. The molecule has 0 N–H and O–H groups in total. The molecule has 1 aliphatic rings. The second-order valence-corrected chi connectivity index (χ2v) is 9.46. The number of imide groups is 1. The fourth-order valence-electron chi connectivity index (χ4n) is 4.63. The molecule has 0 aliphatic carbocycles. The standard InChI is InChI=1S/C29H22Cl2N2O3/c1-2-7-18-14-15-32(26(18)17-33-28(35)20-8-3-4-9-21(20)29(33)36)25-13-12-19(30)16-23(25)27(34)22-10-5-6-11-24(22)31/h3-6,8-16H,2,7,17H2,1H3. The number of carbonyl (C=O) groups excluding carboxylic acids is 3. The van der Waals surface area contributed by atoms with Crippen molar-refractivity contribution in [3.05, 3.63) is 123 Å². The molecule has 2 heterocycles. The quantitative estimate of drug-likeness (QED) is 0.201. The number of benzene rings is 3. The second kappa shape index (κ2) is 9.76. The van der Waals surface area contributed by atoms with E-state index in [1.54, 1.807) is 66.7 Å². The first-order chi connectivity index (χ1) is 17.4. The molecule has 1 aliphatic heterocycles. The van der Waals surface area contributed by atoms with E-state index in [4.69, 9.17) is 23.2 Å². The Hall–Kier alpha value is -3.67. The number of ketones is 1. The topological polar surface area (TPSA) is 59.4 Å². The molecule has 180 valence electrons. The zero-order valence-corrected chi connectivity index (χ0v) is 21.0. The van der Waals surface area contributed by atoms with Gasteiger partial charge in [0.1, 0.15) is 0 Å². The summed E-state index contributed by atoms with van der Waals surface area (Å²) >= 11 is 12.6. The molecule has 0 bridgehead atoms. The number of hydrogen-bond acceptors (Lipinski definition) is 3. The highest BCUT2D eigenvalue weighted by Gasteiger charge is 2.36. The first-order valence-electron chi connectivity index (χ1n) is 11.6. The normalized spacial score (nSPS) is 12.8. The van der Waals surface area contributed by atoms with Crippen molar-refractivity contribution in [3.8, 4) is 5.69 Å². The van der Waals surface area contributed by atoms with Gasteiger partial charge in [-0.1, -0.05) is 60.8 Å². The van der Waals surface area contributed by atoms with Crippen LogP contribution in [-0.2, 0) is 13.0 Å². The van der Waals surface area contributed by atoms with Crippen LogP contribution in [0.2, 0.25) is 10.0 Å². The van der Waals surface area contributed by atoms with E-state index in [1.165, 1.54) is 4.90 Å². The Morgan fingerprint density at radius 1 is 0.833 bits per heavy atom. The van der Waals surface area contributed by atoms with Crippen LogP contribution < -0.4 is 0 Å². The molecule has 0 saturated carbocycles. The maximum absolute atomic E-state index is 13.6. The highest BCUT2D eigenvalue weighted by atomic mass is 35.5. The fraction of sp³-hybridized carbons (Fsp3) is 0.138. The van der Waals surface area contributed by atoms with E-state index in [9.17, 15) is 14.4 Å². The molecule has 7 heteroatoms. The first-order valence-corrected chi connectivity index (χ1v) is 12.4. The van der Waals surface area contributed by atoms with Crippen molar-refractivity contribution < 1.29 is 14.4 Å². The number of nitrogens with zero attached hydrogens (tertiary/aromatic N) is 2. The van der Waals surface area contributed by atoms with Gasteiger partial charge in [0.2, 0.25) is 0 Å². The monoisotopic (exact) mass is 516 g/mol. The minimum Gasteiger partial charge on any atom is -0.318 e. The lowest BCUT2D eigenvalue weighted by atomic mass is 10.0. The van der Waals surface area contributed by atoms with Gasteiger partial charge < -0.3 is 4.57 Å². The SMILES string of the molecule is CCCc1ccn(-c2ccc(Cl)cc2C(=O)c2ccccc2Cl)c1CN1C(=O)c2ccccc2C1=O. The molecule has 0 atom stereocenters. The maximum Gasteiger partial charge on any atom is 0.261 e. The average Bonchev–Trinajstić information content (AvgIpc) is 3.38. The van der Waals surface area contributed by atoms with Crippen molar-refractivity contribution in [2.75, 3.05) is 0 Å². The third-order valence-corrected chi connectivity index (χ3v) is 6.94. The zero-order chi connectivity index (χ0) is 25.4. The predicted octanol–water partition coefficient (Wildman–Crippen LogP) is 6.76. The van der Waals surface area contributed by atoms with Crippen molar-refractivity contribution in [2.45, 2.75) is 26.3 Å². The van der Waals surface area contributed by atoms with Gasteiger partial charge >= 0.3 is 0 Å². The summed E-state index contributed by atoms with van der Waals surface area (Å²) in [6.07, 6.45) is 3.50. The molecule has 4 aromatic rings. The Bertz CT molecular complexity index is 1490. The lowest BCUT2D eigenvalue weighted by Crippen LogP contribution is -2.30. The van der Waals surface area contributed by atoms with E-state index in [2.05, 4.69) is 6.92 Å². The Labute approximate surface area is 218 Å². The van der Waals surface area contributed by atoms with Crippen molar-refractivity contribution in [1.29, 1.82) is 0 Å². The molecule has 5 nitrogen and oxygen atoms in total. The lowest BCUT2D eigenvalue weighted by molar-refractivity contribution is 0.0639. The number of halogens is 2. The van der Waals surface area contributed by atoms with Crippen LogP contribution in [0.5, 0.6) is 0 Å². The Balaban J connectivity index is 1.61. The van der Waals surface area contributed by atoms with Crippen LogP contribution in [0, 0.1) is 0 Å². The third kappa shape index (κ3) is 4.15. The molecule has 2 amide bonds. The van der Waals surface area contributed by atoms with Crippen LogP contribution in [0.3, 0.4) is 0 Å². The Morgan fingerprint density at radius 3 is 2.17 bits per heavy atom. The van der Waals surface area contributed by atoms with E-state index in [0.717, 1.165) is 24.1 Å². The minimum atomic E-state index is -0.325. The molecular weight excluding hydrogens is 495 g/mol. The van der Waals surface area contributed by atoms with E-state index >= 15 is 0 Å². The highest BCUT2D eigenvalue weighted by molar-refractivity contribution is 6.35. The number of fused-ring (bicyclic) bond motifs is 1. The van der Waals surface area contributed by atoms with Gasteiger partial charge in [-0.05, 0) is 60.5 Å². The van der Waals surface area contributed by atoms with Crippen LogP contribution in [0.1, 0.15) is 61.2 Å². The zero-order valence-electron chi connectivity index (χ0n) is 19.5. The average molecular weight is 517 g/mol. The van der Waals surface area contributed by atoms with Gasteiger partial charge in [0.15, 0.2) is 5.78 Å². The molecule has 0 fully saturated rings. The maximum atomic E-state index is 13.6. The van der Waals surface area contributed by atoms with E-state index in [0.29, 0.717) is 38.0 Å². The van der Waals surface area contributed by atoms with Crippen LogP contribution in [0.25, 0.3) is 5.69 Å². The van der Waals surface area contributed by atoms with Crippen LogP contribution in [0.4, 0.5) is 0 Å². The van der Waals surface area contributed by atoms with Gasteiger partial charge in [0, 0.05) is 28.0 Å². The largest absolute Gasteiger partial charge is 0.318 e. The van der Waals surface area contributed by atoms with Crippen molar-refractivity contribution in [2.24, 2.45) is 0 Å². The molecule has 0 radical (unpaired) electrons. The van der Waals surface area contributed by atoms with E-state index in [-0.39, 0.29) is 24.1 Å². The molecule has 3 aromatic carbocycles. The number of aryl methyl sites for hydroxylation is 1. The molecule has 5 rings (SSSR count). The highest BCUT2D eigenvalue weighted by Crippen LogP contribution is 2.31. The minimum absolute atomic E-state index is 0.0804. The first kappa shape index (κ1) is 24.0. The van der Waals surface area contributed by atoms with Gasteiger partial charge in [-0.25, -0.2) is 0 Å². The van der Waals surface area contributed by atoms with Crippen LogP contribution in [-0.4, -0.2) is 27.1 Å². The molecule has 0 saturated heterocycles. The summed E-state index contributed by atoms with van der Waals surface area (Å²) in [7, 11) is 0. The summed E-state index contributed by atoms with van der Waals surface area (Å²) in [6, 6.07) is 20.8. The van der Waals surface area contributed by atoms with Crippen LogP contribution >= 0.6 is 23.2 Å².